The van der Waals surface area contributed by atoms with E-state index in [1.807, 2.05) is 0 Å². The van der Waals surface area contributed by atoms with Crippen molar-refractivity contribution in [2.75, 3.05) is 6.61 Å². The Kier molecular flexibility index (Phi) is 3.40. The fraction of sp³-hybridized carbons (Fsp3) is 0.273. The number of ether oxygens (including phenoxy) is 1. The third-order valence-electron chi connectivity index (χ3n) is 1.84. The Balaban J connectivity index is 3.41. The molecule has 0 saturated heterocycles. The molecule has 0 aromatic heterocycles. The summed E-state index contributed by atoms with van der Waals surface area (Å²) in [5, 5.41) is 8.77. The minimum atomic E-state index is -0.611. The molecule has 1 aromatic rings. The number of Topliss-reactive ketones (excluding diaryl/α,β-unsaturated/α-hetero) is 1. The highest BCUT2D eigenvalue weighted by Gasteiger charge is 2.15. The quantitative estimate of drug-likeness (QED) is 0.714. The van der Waals surface area contributed by atoms with Gasteiger partial charge in [-0.2, -0.15) is 5.26 Å². The van der Waals surface area contributed by atoms with Crippen LogP contribution in [0, 0.1) is 17.1 Å². The number of halogens is 1. The summed E-state index contributed by atoms with van der Waals surface area (Å²) < 4.78 is 18.2. The molecule has 4 heteroatoms. The Morgan fingerprint density at radius 1 is 1.60 bits per heavy atom. The van der Waals surface area contributed by atoms with Gasteiger partial charge in [0.15, 0.2) is 5.78 Å². The second-order valence-corrected chi connectivity index (χ2v) is 2.93. The van der Waals surface area contributed by atoms with Gasteiger partial charge in [0.25, 0.3) is 0 Å². The van der Waals surface area contributed by atoms with Crippen molar-refractivity contribution in [2.24, 2.45) is 0 Å². The van der Waals surface area contributed by atoms with Crippen LogP contribution in [0.2, 0.25) is 0 Å². The molecule has 0 N–H and O–H groups in total. The number of carbonyl (C=O) groups excluding carboxylic acids is 1. The predicted molar refractivity (Wildman–Crippen MR) is 52.3 cm³/mol. The summed E-state index contributed by atoms with van der Waals surface area (Å²) in [6, 6.07) is 3.93. The molecule has 1 rings (SSSR count). The summed E-state index contributed by atoms with van der Waals surface area (Å²) in [7, 11) is 0. The fourth-order valence-electron chi connectivity index (χ4n) is 1.24. The first-order chi connectivity index (χ1) is 7.10. The van der Waals surface area contributed by atoms with Crippen molar-refractivity contribution in [1.29, 1.82) is 5.26 Å². The number of nitriles is 1. The molecule has 0 aliphatic heterocycles. The molecule has 0 saturated carbocycles. The summed E-state index contributed by atoms with van der Waals surface area (Å²) in [6.45, 7) is 3.35. The minimum Gasteiger partial charge on any atom is -0.492 e. The zero-order valence-electron chi connectivity index (χ0n) is 8.50. The van der Waals surface area contributed by atoms with Gasteiger partial charge in [-0.25, -0.2) is 4.39 Å². The first-order valence-electron chi connectivity index (χ1n) is 4.47. The summed E-state index contributed by atoms with van der Waals surface area (Å²) >= 11 is 0. The molecule has 78 valence electrons. The molecule has 0 bridgehead atoms. The molecule has 15 heavy (non-hydrogen) atoms. The molecule has 0 aliphatic rings. The van der Waals surface area contributed by atoms with E-state index in [1.165, 1.54) is 6.92 Å². The minimum absolute atomic E-state index is 0.0436. The second-order valence-electron chi connectivity index (χ2n) is 2.93. The van der Waals surface area contributed by atoms with E-state index in [-0.39, 0.29) is 22.7 Å². The van der Waals surface area contributed by atoms with Crippen LogP contribution in [0.4, 0.5) is 4.39 Å². The number of ketones is 1. The maximum atomic E-state index is 13.0. The Labute approximate surface area is 87.1 Å². The first-order valence-corrected chi connectivity index (χ1v) is 4.47. The lowest BCUT2D eigenvalue weighted by Gasteiger charge is -2.09. The highest BCUT2D eigenvalue weighted by molar-refractivity contribution is 5.97. The highest BCUT2D eigenvalue weighted by atomic mass is 19.1. The van der Waals surface area contributed by atoms with Crippen molar-refractivity contribution in [2.45, 2.75) is 13.8 Å². The third kappa shape index (κ3) is 2.32. The van der Waals surface area contributed by atoms with Crippen LogP contribution in [0.15, 0.2) is 12.1 Å². The number of carbonyl (C=O) groups is 1. The molecule has 0 aliphatic carbocycles. The molecular formula is C11H10FNO2. The number of nitrogens with zero attached hydrogens (tertiary/aromatic N) is 1. The molecule has 0 atom stereocenters. The fourth-order valence-corrected chi connectivity index (χ4v) is 1.24. The van der Waals surface area contributed by atoms with Crippen LogP contribution in [0.3, 0.4) is 0 Å². The van der Waals surface area contributed by atoms with E-state index in [0.29, 0.717) is 6.61 Å². The van der Waals surface area contributed by atoms with Crippen LogP contribution in [0.5, 0.6) is 5.75 Å². The van der Waals surface area contributed by atoms with Crippen LogP contribution in [-0.2, 0) is 0 Å². The first kappa shape index (κ1) is 11.2. The van der Waals surface area contributed by atoms with Crippen LogP contribution < -0.4 is 4.74 Å². The van der Waals surface area contributed by atoms with Crippen LogP contribution >= 0.6 is 0 Å². The smallest absolute Gasteiger partial charge is 0.163 e. The van der Waals surface area contributed by atoms with E-state index >= 15 is 0 Å². The van der Waals surface area contributed by atoms with Crippen molar-refractivity contribution < 1.29 is 13.9 Å². The lowest BCUT2D eigenvalue weighted by atomic mass is 10.1. The molecule has 0 unspecified atom stereocenters. The van der Waals surface area contributed by atoms with Gasteiger partial charge < -0.3 is 4.74 Å². The Hall–Kier alpha value is -1.89. The molecule has 1 aromatic carbocycles. The van der Waals surface area contributed by atoms with E-state index in [1.54, 1.807) is 13.0 Å². The standard InChI is InChI=1S/C11H10FNO2/c1-3-15-11-8(6-13)4-9(12)5-10(11)7(2)14/h4-5H,3H2,1-2H3. The van der Waals surface area contributed by atoms with Crippen LogP contribution in [0.25, 0.3) is 0 Å². The second kappa shape index (κ2) is 4.56. The number of benzene rings is 1. The van der Waals surface area contributed by atoms with Crippen molar-refractivity contribution >= 4 is 5.78 Å². The molecule has 0 radical (unpaired) electrons. The van der Waals surface area contributed by atoms with Gasteiger partial charge in [0.1, 0.15) is 17.6 Å². The van der Waals surface area contributed by atoms with Gasteiger partial charge in [0, 0.05) is 0 Å². The molecule has 3 nitrogen and oxygen atoms in total. The summed E-state index contributed by atoms with van der Waals surface area (Å²) in [5.41, 5.74) is 0.149. The lowest BCUT2D eigenvalue weighted by Crippen LogP contribution is -2.04. The molecular weight excluding hydrogens is 197 g/mol. The summed E-state index contributed by atoms with van der Waals surface area (Å²) in [4.78, 5) is 11.2. The Bertz CT molecular complexity index is 435. The summed E-state index contributed by atoms with van der Waals surface area (Å²) in [6.07, 6.45) is 0. The van der Waals surface area contributed by atoms with E-state index in [2.05, 4.69) is 0 Å². The van der Waals surface area contributed by atoms with Gasteiger partial charge in [-0.05, 0) is 26.0 Å². The van der Waals surface area contributed by atoms with Gasteiger partial charge in [-0.3, -0.25) is 4.79 Å². The van der Waals surface area contributed by atoms with Gasteiger partial charge in [0.05, 0.1) is 17.7 Å². The third-order valence-corrected chi connectivity index (χ3v) is 1.84. The number of hydrogen-bond donors (Lipinski definition) is 0. The molecule has 0 heterocycles. The Morgan fingerprint density at radius 3 is 2.73 bits per heavy atom. The number of rotatable bonds is 3. The largest absolute Gasteiger partial charge is 0.492 e. The summed E-state index contributed by atoms with van der Waals surface area (Å²) in [5.74, 6) is -0.774. The topological polar surface area (TPSA) is 50.1 Å². The maximum absolute atomic E-state index is 13.0. The SMILES string of the molecule is CCOc1c(C#N)cc(F)cc1C(C)=O. The molecule has 0 fully saturated rings. The molecule has 0 amide bonds. The van der Waals surface area contributed by atoms with Gasteiger partial charge in [0.2, 0.25) is 0 Å². The van der Waals surface area contributed by atoms with Crippen molar-refractivity contribution in [3.8, 4) is 11.8 Å². The van der Waals surface area contributed by atoms with Gasteiger partial charge in [-0.1, -0.05) is 0 Å². The van der Waals surface area contributed by atoms with Crippen LogP contribution in [0.1, 0.15) is 29.8 Å². The van der Waals surface area contributed by atoms with Crippen molar-refractivity contribution in [3.05, 3.63) is 29.1 Å². The van der Waals surface area contributed by atoms with Crippen molar-refractivity contribution in [3.63, 3.8) is 0 Å². The highest BCUT2D eigenvalue weighted by Crippen LogP contribution is 2.25. The van der Waals surface area contributed by atoms with Crippen LogP contribution in [-0.4, -0.2) is 12.4 Å². The molecule has 0 spiro atoms. The van der Waals surface area contributed by atoms with E-state index < -0.39 is 5.82 Å². The van der Waals surface area contributed by atoms with Crippen molar-refractivity contribution in [1.82, 2.24) is 0 Å². The van der Waals surface area contributed by atoms with E-state index in [9.17, 15) is 9.18 Å². The zero-order chi connectivity index (χ0) is 11.4. The lowest BCUT2D eigenvalue weighted by molar-refractivity contribution is 0.101. The average molecular weight is 207 g/mol. The van der Waals surface area contributed by atoms with E-state index in [0.717, 1.165) is 12.1 Å². The average Bonchev–Trinajstić information content (AvgIpc) is 2.19. The zero-order valence-corrected chi connectivity index (χ0v) is 8.50. The Morgan fingerprint density at radius 2 is 2.27 bits per heavy atom. The number of hydrogen-bond acceptors (Lipinski definition) is 3. The van der Waals surface area contributed by atoms with Gasteiger partial charge >= 0.3 is 0 Å². The van der Waals surface area contributed by atoms with Gasteiger partial charge in [-0.15, -0.1) is 0 Å². The normalized spacial score (nSPS) is 9.47. The predicted octanol–water partition coefficient (Wildman–Crippen LogP) is 2.30. The monoisotopic (exact) mass is 207 g/mol. The van der Waals surface area contributed by atoms with E-state index in [4.69, 9.17) is 10.00 Å². The maximum Gasteiger partial charge on any atom is 0.163 e.